The first-order valence-electron chi connectivity index (χ1n) is 7.18. The Hall–Kier alpha value is -1.40. The second-order valence-electron chi connectivity index (χ2n) is 5.59. The molecule has 2 aliphatic heterocycles. The smallest absolute Gasteiger partial charge is 0.278 e. The van der Waals surface area contributed by atoms with E-state index in [0.717, 1.165) is 24.3 Å². The second-order valence-corrected chi connectivity index (χ2v) is 7.25. The standard InChI is InChI=1S/C15H17ClN2O3S/c1-15(13(19)17-10-4-6-22-7-5-10)14(20)18-11-8-9(16)2-3-12(11)21-15/h2-3,8,10H,4-7H2,1H3,(H,17,19)(H,18,20)/t15-/m1/s1. The first kappa shape index (κ1) is 15.5. The molecule has 2 heterocycles. The van der Waals surface area contributed by atoms with Crippen LogP contribution in [0.25, 0.3) is 0 Å². The molecule has 7 heteroatoms. The average molecular weight is 341 g/mol. The van der Waals surface area contributed by atoms with Gasteiger partial charge in [-0.05, 0) is 49.5 Å². The van der Waals surface area contributed by atoms with E-state index in [1.807, 2.05) is 11.8 Å². The number of carbonyl (C=O) groups excluding carboxylic acids is 2. The summed E-state index contributed by atoms with van der Waals surface area (Å²) in [4.78, 5) is 24.9. The molecule has 22 heavy (non-hydrogen) atoms. The fraction of sp³-hybridized carbons (Fsp3) is 0.467. The van der Waals surface area contributed by atoms with Crippen LogP contribution in [-0.2, 0) is 9.59 Å². The van der Waals surface area contributed by atoms with E-state index in [4.69, 9.17) is 16.3 Å². The molecule has 0 bridgehead atoms. The molecule has 0 unspecified atom stereocenters. The molecule has 1 aromatic rings. The predicted molar refractivity (Wildman–Crippen MR) is 87.6 cm³/mol. The molecule has 1 atom stereocenters. The van der Waals surface area contributed by atoms with Crippen molar-refractivity contribution in [2.24, 2.45) is 0 Å². The Morgan fingerprint density at radius 2 is 2.18 bits per heavy atom. The van der Waals surface area contributed by atoms with E-state index in [0.29, 0.717) is 16.5 Å². The molecule has 0 aliphatic carbocycles. The van der Waals surface area contributed by atoms with E-state index in [1.165, 1.54) is 6.92 Å². The third-order valence-corrected chi connectivity index (χ3v) is 5.21. The van der Waals surface area contributed by atoms with Crippen molar-refractivity contribution in [2.75, 3.05) is 16.8 Å². The third kappa shape index (κ3) is 2.90. The highest BCUT2D eigenvalue weighted by atomic mass is 35.5. The minimum Gasteiger partial charge on any atom is -0.466 e. The van der Waals surface area contributed by atoms with Gasteiger partial charge in [0.25, 0.3) is 17.4 Å². The Bertz CT molecular complexity index is 619. The van der Waals surface area contributed by atoms with E-state index in [9.17, 15) is 9.59 Å². The van der Waals surface area contributed by atoms with Crippen LogP contribution < -0.4 is 15.4 Å². The molecule has 3 rings (SSSR count). The lowest BCUT2D eigenvalue weighted by molar-refractivity contribution is -0.147. The summed E-state index contributed by atoms with van der Waals surface area (Å²) in [7, 11) is 0. The molecule has 1 aromatic carbocycles. The fourth-order valence-electron chi connectivity index (χ4n) is 2.51. The van der Waals surface area contributed by atoms with Gasteiger partial charge in [-0.2, -0.15) is 11.8 Å². The third-order valence-electron chi connectivity index (χ3n) is 3.93. The second kappa shape index (κ2) is 6.01. The van der Waals surface area contributed by atoms with Gasteiger partial charge in [-0.3, -0.25) is 9.59 Å². The number of rotatable bonds is 2. The summed E-state index contributed by atoms with van der Waals surface area (Å²) < 4.78 is 5.70. The first-order valence-corrected chi connectivity index (χ1v) is 8.71. The number of halogens is 1. The minimum absolute atomic E-state index is 0.105. The number of hydrogen-bond acceptors (Lipinski definition) is 4. The summed E-state index contributed by atoms with van der Waals surface area (Å²) in [6.07, 6.45) is 1.83. The summed E-state index contributed by atoms with van der Waals surface area (Å²) >= 11 is 7.78. The Morgan fingerprint density at radius 1 is 1.45 bits per heavy atom. The summed E-state index contributed by atoms with van der Waals surface area (Å²) in [5.41, 5.74) is -1.08. The van der Waals surface area contributed by atoms with Crippen LogP contribution in [0.2, 0.25) is 5.02 Å². The number of hydrogen-bond donors (Lipinski definition) is 2. The van der Waals surface area contributed by atoms with E-state index < -0.39 is 17.4 Å². The average Bonchev–Trinajstić information content (AvgIpc) is 2.50. The topological polar surface area (TPSA) is 67.4 Å². The molecular weight excluding hydrogens is 324 g/mol. The number of thioether (sulfide) groups is 1. The van der Waals surface area contributed by atoms with Gasteiger partial charge in [0.05, 0.1) is 5.69 Å². The van der Waals surface area contributed by atoms with Crippen LogP contribution in [0, 0.1) is 0 Å². The van der Waals surface area contributed by atoms with Crippen molar-refractivity contribution < 1.29 is 14.3 Å². The van der Waals surface area contributed by atoms with Gasteiger partial charge in [-0.25, -0.2) is 0 Å². The molecule has 118 valence electrons. The van der Waals surface area contributed by atoms with Crippen LogP contribution >= 0.6 is 23.4 Å². The van der Waals surface area contributed by atoms with Crippen molar-refractivity contribution in [3.05, 3.63) is 23.2 Å². The fourth-order valence-corrected chi connectivity index (χ4v) is 3.79. The molecule has 0 aromatic heterocycles. The summed E-state index contributed by atoms with van der Waals surface area (Å²) in [6, 6.07) is 5.02. The lowest BCUT2D eigenvalue weighted by atomic mass is 10.0. The van der Waals surface area contributed by atoms with Crippen LogP contribution in [0.3, 0.4) is 0 Å². The Balaban J connectivity index is 1.78. The molecule has 5 nitrogen and oxygen atoms in total. The maximum Gasteiger partial charge on any atom is 0.278 e. The quantitative estimate of drug-likeness (QED) is 0.811. The molecule has 0 spiro atoms. The largest absolute Gasteiger partial charge is 0.466 e. The Kier molecular flexibility index (Phi) is 4.23. The van der Waals surface area contributed by atoms with Crippen LogP contribution in [-0.4, -0.2) is 35.0 Å². The Labute approximate surface area is 138 Å². The van der Waals surface area contributed by atoms with E-state index in [-0.39, 0.29) is 6.04 Å². The zero-order chi connectivity index (χ0) is 15.7. The maximum absolute atomic E-state index is 12.5. The van der Waals surface area contributed by atoms with Crippen LogP contribution in [0.5, 0.6) is 5.75 Å². The van der Waals surface area contributed by atoms with Gasteiger partial charge in [-0.15, -0.1) is 0 Å². The number of ether oxygens (including phenoxy) is 1. The number of nitrogens with one attached hydrogen (secondary N) is 2. The molecule has 2 amide bonds. The van der Waals surface area contributed by atoms with Crippen molar-refractivity contribution in [2.45, 2.75) is 31.4 Å². The van der Waals surface area contributed by atoms with Gasteiger partial charge in [0.15, 0.2) is 0 Å². The van der Waals surface area contributed by atoms with Gasteiger partial charge < -0.3 is 15.4 Å². The van der Waals surface area contributed by atoms with Crippen LogP contribution in [0.15, 0.2) is 18.2 Å². The molecular formula is C15H17ClN2O3S. The van der Waals surface area contributed by atoms with Gasteiger partial charge in [0.2, 0.25) is 0 Å². The van der Waals surface area contributed by atoms with Gasteiger partial charge in [0.1, 0.15) is 5.75 Å². The number of carbonyl (C=O) groups is 2. The zero-order valence-electron chi connectivity index (χ0n) is 12.1. The van der Waals surface area contributed by atoms with Gasteiger partial charge in [0, 0.05) is 11.1 Å². The van der Waals surface area contributed by atoms with Crippen molar-refractivity contribution in [3.63, 3.8) is 0 Å². The molecule has 1 fully saturated rings. The maximum atomic E-state index is 12.5. The number of amides is 2. The van der Waals surface area contributed by atoms with Crippen molar-refractivity contribution >= 4 is 40.9 Å². The first-order chi connectivity index (χ1) is 10.5. The zero-order valence-corrected chi connectivity index (χ0v) is 13.7. The minimum atomic E-state index is -1.56. The number of benzene rings is 1. The number of fused-ring (bicyclic) bond motifs is 1. The van der Waals surface area contributed by atoms with Crippen molar-refractivity contribution in [1.82, 2.24) is 5.32 Å². The number of anilines is 1. The van der Waals surface area contributed by atoms with Crippen LogP contribution in [0.1, 0.15) is 19.8 Å². The lowest BCUT2D eigenvalue weighted by Crippen LogP contribution is -2.60. The molecule has 2 aliphatic rings. The van der Waals surface area contributed by atoms with Gasteiger partial charge >= 0.3 is 0 Å². The highest BCUT2D eigenvalue weighted by Gasteiger charge is 2.47. The molecule has 0 saturated carbocycles. The van der Waals surface area contributed by atoms with E-state index >= 15 is 0 Å². The SMILES string of the molecule is C[C@]1(C(=O)NC2CCSCC2)Oc2ccc(Cl)cc2NC1=O. The molecule has 2 N–H and O–H groups in total. The molecule has 1 saturated heterocycles. The summed E-state index contributed by atoms with van der Waals surface area (Å²) in [6.45, 7) is 1.49. The molecule has 0 radical (unpaired) electrons. The van der Waals surface area contributed by atoms with Crippen molar-refractivity contribution in [3.8, 4) is 5.75 Å². The van der Waals surface area contributed by atoms with Crippen molar-refractivity contribution in [1.29, 1.82) is 0 Å². The Morgan fingerprint density at radius 3 is 2.91 bits per heavy atom. The normalized spacial score (nSPS) is 24.9. The highest BCUT2D eigenvalue weighted by molar-refractivity contribution is 7.99. The predicted octanol–water partition coefficient (Wildman–Crippen LogP) is 2.44. The van der Waals surface area contributed by atoms with E-state index in [2.05, 4.69) is 10.6 Å². The van der Waals surface area contributed by atoms with Gasteiger partial charge in [-0.1, -0.05) is 11.6 Å². The van der Waals surface area contributed by atoms with Crippen LogP contribution in [0.4, 0.5) is 5.69 Å². The monoisotopic (exact) mass is 340 g/mol. The van der Waals surface area contributed by atoms with E-state index in [1.54, 1.807) is 18.2 Å². The lowest BCUT2D eigenvalue weighted by Gasteiger charge is -2.35. The highest BCUT2D eigenvalue weighted by Crippen LogP contribution is 2.35. The summed E-state index contributed by atoms with van der Waals surface area (Å²) in [5, 5.41) is 6.13. The summed E-state index contributed by atoms with van der Waals surface area (Å²) in [5.74, 6) is 1.61.